The molecule has 0 unspecified atom stereocenters. The first-order valence-electron chi connectivity index (χ1n) is 8.09. The summed E-state index contributed by atoms with van der Waals surface area (Å²) in [6, 6.07) is 16.1. The molecule has 25 heavy (non-hydrogen) atoms. The van der Waals surface area contributed by atoms with E-state index in [0.717, 1.165) is 18.5 Å². The van der Waals surface area contributed by atoms with Crippen LogP contribution in [0, 0.1) is 11.3 Å². The van der Waals surface area contributed by atoms with Crippen LogP contribution in [-0.2, 0) is 4.79 Å². The highest BCUT2D eigenvalue weighted by molar-refractivity contribution is 5.98. The summed E-state index contributed by atoms with van der Waals surface area (Å²) in [7, 11) is 0. The minimum Gasteiger partial charge on any atom is -0.376 e. The van der Waals surface area contributed by atoms with E-state index in [-0.39, 0.29) is 18.4 Å². The van der Waals surface area contributed by atoms with E-state index in [9.17, 15) is 9.59 Å². The highest BCUT2D eigenvalue weighted by atomic mass is 16.2. The fourth-order valence-corrected chi connectivity index (χ4v) is 2.28. The van der Waals surface area contributed by atoms with Crippen LogP contribution < -0.4 is 16.0 Å². The van der Waals surface area contributed by atoms with Gasteiger partial charge in [-0.3, -0.25) is 9.59 Å². The third-order valence-corrected chi connectivity index (χ3v) is 3.79. The molecule has 3 rings (SSSR count). The van der Waals surface area contributed by atoms with Crippen molar-refractivity contribution in [1.82, 2.24) is 5.32 Å². The summed E-state index contributed by atoms with van der Waals surface area (Å²) in [6.45, 7) is 0.0877. The van der Waals surface area contributed by atoms with Gasteiger partial charge in [-0.25, -0.2) is 0 Å². The van der Waals surface area contributed by atoms with Gasteiger partial charge in [0, 0.05) is 23.0 Å². The van der Waals surface area contributed by atoms with Gasteiger partial charge >= 0.3 is 0 Å². The van der Waals surface area contributed by atoms with Gasteiger partial charge in [-0.2, -0.15) is 5.26 Å². The Morgan fingerprint density at radius 2 is 1.84 bits per heavy atom. The molecule has 3 N–H and O–H groups in total. The van der Waals surface area contributed by atoms with Gasteiger partial charge in [0.2, 0.25) is 5.91 Å². The maximum Gasteiger partial charge on any atom is 0.251 e. The number of nitrogens with one attached hydrogen (secondary N) is 3. The summed E-state index contributed by atoms with van der Waals surface area (Å²) in [6.07, 6.45) is 2.06. The number of carbonyl (C=O) groups is 2. The van der Waals surface area contributed by atoms with Crippen molar-refractivity contribution in [1.29, 1.82) is 5.26 Å². The van der Waals surface area contributed by atoms with Crippen LogP contribution in [0.2, 0.25) is 0 Å². The molecule has 0 aromatic heterocycles. The number of nitrogens with zero attached hydrogens (tertiary/aromatic N) is 1. The van der Waals surface area contributed by atoms with Gasteiger partial charge in [-0.05, 0) is 55.3 Å². The molecule has 1 saturated carbocycles. The topological polar surface area (TPSA) is 94.0 Å². The predicted octanol–water partition coefficient (Wildman–Crippen LogP) is 2.50. The molecule has 2 aromatic carbocycles. The lowest BCUT2D eigenvalue weighted by Crippen LogP contribution is -2.26. The number of hydrogen-bond acceptors (Lipinski definition) is 4. The Hall–Kier alpha value is -3.33. The summed E-state index contributed by atoms with van der Waals surface area (Å²) in [5.41, 5.74) is 2.43. The van der Waals surface area contributed by atoms with E-state index in [1.165, 1.54) is 0 Å². The molecule has 2 aromatic rings. The van der Waals surface area contributed by atoms with Gasteiger partial charge in [-0.15, -0.1) is 0 Å². The van der Waals surface area contributed by atoms with Crippen molar-refractivity contribution < 1.29 is 9.59 Å². The van der Waals surface area contributed by atoms with Gasteiger partial charge in [0.25, 0.3) is 5.91 Å². The zero-order valence-corrected chi connectivity index (χ0v) is 13.6. The van der Waals surface area contributed by atoms with E-state index < -0.39 is 0 Å². The standard InChI is InChI=1S/C19H18N4O2/c20-11-13-4-6-15(7-5-13)21-12-18(24)22-17-3-1-2-14(10-17)19(25)23-16-8-9-16/h1-7,10,16,21H,8-9,12H2,(H,22,24)(H,23,25). The van der Waals surface area contributed by atoms with Gasteiger partial charge in [-0.1, -0.05) is 6.07 Å². The first kappa shape index (κ1) is 16.5. The first-order valence-corrected chi connectivity index (χ1v) is 8.09. The second-order valence-corrected chi connectivity index (χ2v) is 5.92. The average molecular weight is 334 g/mol. The molecule has 0 heterocycles. The lowest BCUT2D eigenvalue weighted by atomic mass is 10.2. The minimum atomic E-state index is -0.218. The number of amides is 2. The smallest absolute Gasteiger partial charge is 0.251 e. The molecule has 1 fully saturated rings. The second kappa shape index (κ2) is 7.49. The summed E-state index contributed by atoms with van der Waals surface area (Å²) in [5, 5.41) is 17.4. The fraction of sp³-hybridized carbons (Fsp3) is 0.211. The largest absolute Gasteiger partial charge is 0.376 e. The Bertz CT molecular complexity index is 820. The van der Waals surface area contributed by atoms with Crippen molar-refractivity contribution in [2.24, 2.45) is 0 Å². The number of nitriles is 1. The molecule has 2 amide bonds. The monoisotopic (exact) mass is 334 g/mol. The molecule has 0 aliphatic heterocycles. The Labute approximate surface area is 145 Å². The van der Waals surface area contributed by atoms with E-state index >= 15 is 0 Å². The zero-order chi connectivity index (χ0) is 17.6. The van der Waals surface area contributed by atoms with Crippen LogP contribution in [0.4, 0.5) is 11.4 Å². The van der Waals surface area contributed by atoms with Crippen LogP contribution in [0.25, 0.3) is 0 Å². The molecule has 0 atom stereocenters. The van der Waals surface area contributed by atoms with Crippen molar-refractivity contribution in [2.45, 2.75) is 18.9 Å². The molecule has 0 saturated heterocycles. The number of carbonyl (C=O) groups excluding carboxylic acids is 2. The molecule has 126 valence electrons. The van der Waals surface area contributed by atoms with Gasteiger partial charge < -0.3 is 16.0 Å². The average Bonchev–Trinajstić information content (AvgIpc) is 3.44. The summed E-state index contributed by atoms with van der Waals surface area (Å²) >= 11 is 0. The van der Waals surface area contributed by atoms with E-state index in [2.05, 4.69) is 16.0 Å². The van der Waals surface area contributed by atoms with Crippen LogP contribution in [-0.4, -0.2) is 24.4 Å². The number of benzene rings is 2. The van der Waals surface area contributed by atoms with Crippen LogP contribution in [0.5, 0.6) is 0 Å². The highest BCUT2D eigenvalue weighted by Crippen LogP contribution is 2.20. The van der Waals surface area contributed by atoms with Crippen molar-refractivity contribution in [3.05, 3.63) is 59.7 Å². The Balaban J connectivity index is 1.53. The van der Waals surface area contributed by atoms with E-state index in [1.807, 2.05) is 6.07 Å². The molecule has 1 aliphatic rings. The quantitative estimate of drug-likeness (QED) is 0.756. The minimum absolute atomic E-state index is 0.0877. The summed E-state index contributed by atoms with van der Waals surface area (Å²) in [4.78, 5) is 24.1. The highest BCUT2D eigenvalue weighted by Gasteiger charge is 2.23. The molecular formula is C19H18N4O2. The normalized spacial score (nSPS) is 12.8. The van der Waals surface area contributed by atoms with Crippen molar-refractivity contribution in [3.8, 4) is 6.07 Å². The molecule has 0 spiro atoms. The molecule has 6 nitrogen and oxygen atoms in total. The Kier molecular flexibility index (Phi) is 4.95. The maximum atomic E-state index is 12.1. The van der Waals surface area contributed by atoms with Gasteiger partial charge in [0.1, 0.15) is 0 Å². The molecule has 0 radical (unpaired) electrons. The van der Waals surface area contributed by atoms with Crippen molar-refractivity contribution in [3.63, 3.8) is 0 Å². The fourth-order valence-electron chi connectivity index (χ4n) is 2.28. The van der Waals surface area contributed by atoms with Gasteiger partial charge in [0.15, 0.2) is 0 Å². The lowest BCUT2D eigenvalue weighted by molar-refractivity contribution is -0.114. The molecular weight excluding hydrogens is 316 g/mol. The third kappa shape index (κ3) is 4.82. The van der Waals surface area contributed by atoms with Crippen LogP contribution in [0.3, 0.4) is 0 Å². The molecule has 6 heteroatoms. The number of anilines is 2. The Morgan fingerprint density at radius 3 is 2.52 bits per heavy atom. The van der Waals surface area contributed by atoms with E-state index in [1.54, 1.807) is 48.5 Å². The third-order valence-electron chi connectivity index (χ3n) is 3.79. The SMILES string of the molecule is N#Cc1ccc(NCC(=O)Nc2cccc(C(=O)NC3CC3)c2)cc1. The number of rotatable bonds is 6. The lowest BCUT2D eigenvalue weighted by Gasteiger charge is -2.09. The Morgan fingerprint density at radius 1 is 1.08 bits per heavy atom. The van der Waals surface area contributed by atoms with Gasteiger partial charge in [0.05, 0.1) is 18.2 Å². The van der Waals surface area contributed by atoms with Crippen LogP contribution in [0.1, 0.15) is 28.8 Å². The van der Waals surface area contributed by atoms with Crippen molar-refractivity contribution in [2.75, 3.05) is 17.2 Å². The van der Waals surface area contributed by atoms with Crippen LogP contribution >= 0.6 is 0 Å². The van der Waals surface area contributed by atoms with Crippen LogP contribution in [0.15, 0.2) is 48.5 Å². The predicted molar refractivity (Wildman–Crippen MR) is 95.2 cm³/mol. The molecule has 1 aliphatic carbocycles. The number of hydrogen-bond donors (Lipinski definition) is 3. The van der Waals surface area contributed by atoms with Crippen molar-refractivity contribution >= 4 is 23.2 Å². The zero-order valence-electron chi connectivity index (χ0n) is 13.6. The first-order chi connectivity index (χ1) is 12.1. The summed E-state index contributed by atoms with van der Waals surface area (Å²) < 4.78 is 0. The second-order valence-electron chi connectivity index (χ2n) is 5.92. The van der Waals surface area contributed by atoms with E-state index in [0.29, 0.717) is 22.9 Å². The maximum absolute atomic E-state index is 12.1. The molecule has 0 bridgehead atoms. The van der Waals surface area contributed by atoms with E-state index in [4.69, 9.17) is 5.26 Å². The summed E-state index contributed by atoms with van der Waals surface area (Å²) in [5.74, 6) is -0.335.